The number of amides is 1. The second-order valence-electron chi connectivity index (χ2n) is 5.85. The molecule has 1 aliphatic heterocycles. The van der Waals surface area contributed by atoms with Gasteiger partial charge in [-0.2, -0.15) is 0 Å². The molecule has 0 aliphatic carbocycles. The number of carbonyl (C=O) groups excluding carboxylic acids is 1. The Labute approximate surface area is 139 Å². The van der Waals surface area contributed by atoms with Gasteiger partial charge in [0.2, 0.25) is 5.91 Å². The highest BCUT2D eigenvalue weighted by atomic mass is 32.1. The molecule has 1 amide bonds. The molecule has 0 radical (unpaired) electrons. The number of aromatic nitrogens is 1. The van der Waals surface area contributed by atoms with Crippen LogP contribution < -0.4 is 10.1 Å². The zero-order valence-corrected chi connectivity index (χ0v) is 14.4. The van der Waals surface area contributed by atoms with Crippen molar-refractivity contribution in [2.75, 3.05) is 32.1 Å². The molecule has 2 unspecified atom stereocenters. The van der Waals surface area contributed by atoms with Crippen LogP contribution in [0.2, 0.25) is 0 Å². The molecular weight excluding hydrogens is 314 g/mol. The van der Waals surface area contributed by atoms with E-state index in [2.05, 4.69) is 15.2 Å². The Hall–Kier alpha value is -1.70. The highest BCUT2D eigenvalue weighted by Crippen LogP contribution is 2.29. The fourth-order valence-electron chi connectivity index (χ4n) is 2.86. The van der Waals surface area contributed by atoms with Gasteiger partial charge in [0.25, 0.3) is 0 Å². The fourth-order valence-corrected chi connectivity index (χ4v) is 3.77. The summed E-state index contributed by atoms with van der Waals surface area (Å²) in [5.74, 6) is 0.743. The molecule has 124 valence electrons. The molecule has 1 saturated heterocycles. The maximum Gasteiger partial charge on any atom is 0.240 e. The predicted molar refractivity (Wildman–Crippen MR) is 91.3 cm³/mol. The first kappa shape index (κ1) is 16.2. The van der Waals surface area contributed by atoms with Gasteiger partial charge in [0, 0.05) is 13.1 Å². The molecule has 0 saturated carbocycles. The van der Waals surface area contributed by atoms with Crippen LogP contribution in [0.3, 0.4) is 0 Å². The lowest BCUT2D eigenvalue weighted by Crippen LogP contribution is -2.48. The zero-order chi connectivity index (χ0) is 16.4. The fraction of sp³-hybridized carbons (Fsp3) is 0.500. The molecule has 2 heterocycles. The van der Waals surface area contributed by atoms with E-state index in [0.29, 0.717) is 11.7 Å². The van der Waals surface area contributed by atoms with E-state index in [-0.39, 0.29) is 18.1 Å². The van der Waals surface area contributed by atoms with E-state index in [1.165, 1.54) is 11.3 Å². The van der Waals surface area contributed by atoms with Gasteiger partial charge in [0.15, 0.2) is 5.13 Å². The van der Waals surface area contributed by atoms with Gasteiger partial charge in [-0.05, 0) is 32.0 Å². The normalized spacial score (nSPS) is 22.2. The van der Waals surface area contributed by atoms with E-state index in [1.807, 2.05) is 32.0 Å². The van der Waals surface area contributed by atoms with Gasteiger partial charge in [0.05, 0.1) is 36.1 Å². The molecular formula is C16H21N3O3S. The summed E-state index contributed by atoms with van der Waals surface area (Å²) >= 11 is 1.45. The zero-order valence-electron chi connectivity index (χ0n) is 13.5. The van der Waals surface area contributed by atoms with Crippen LogP contribution in [0.25, 0.3) is 10.2 Å². The number of nitrogens with zero attached hydrogens (tertiary/aromatic N) is 2. The van der Waals surface area contributed by atoms with Gasteiger partial charge in [-0.15, -0.1) is 0 Å². The van der Waals surface area contributed by atoms with Crippen LogP contribution in [-0.4, -0.2) is 54.7 Å². The number of benzene rings is 1. The highest BCUT2D eigenvalue weighted by Gasteiger charge is 2.23. The Kier molecular flexibility index (Phi) is 4.79. The van der Waals surface area contributed by atoms with Crippen molar-refractivity contribution in [2.45, 2.75) is 26.1 Å². The van der Waals surface area contributed by atoms with Gasteiger partial charge >= 0.3 is 0 Å². The molecule has 2 atom stereocenters. The van der Waals surface area contributed by atoms with Crippen LogP contribution in [0.15, 0.2) is 18.2 Å². The van der Waals surface area contributed by atoms with Gasteiger partial charge in [-0.25, -0.2) is 4.98 Å². The molecule has 1 aliphatic rings. The quantitative estimate of drug-likeness (QED) is 0.929. The smallest absolute Gasteiger partial charge is 0.240 e. The van der Waals surface area contributed by atoms with E-state index in [0.717, 1.165) is 29.1 Å². The number of fused-ring (bicyclic) bond motifs is 1. The van der Waals surface area contributed by atoms with Gasteiger partial charge < -0.3 is 14.8 Å². The summed E-state index contributed by atoms with van der Waals surface area (Å²) in [5.41, 5.74) is 0.861. The maximum atomic E-state index is 12.2. The Morgan fingerprint density at radius 2 is 2.17 bits per heavy atom. The van der Waals surface area contributed by atoms with E-state index < -0.39 is 0 Å². The first-order valence-corrected chi connectivity index (χ1v) is 8.47. The lowest BCUT2D eigenvalue weighted by Gasteiger charge is -2.34. The average Bonchev–Trinajstić information content (AvgIpc) is 2.86. The van der Waals surface area contributed by atoms with Crippen molar-refractivity contribution in [3.8, 4) is 5.75 Å². The minimum Gasteiger partial charge on any atom is -0.497 e. The number of hydrogen-bond acceptors (Lipinski definition) is 6. The molecule has 1 fully saturated rings. The summed E-state index contributed by atoms with van der Waals surface area (Å²) in [5, 5.41) is 3.51. The third kappa shape index (κ3) is 3.99. The second-order valence-corrected chi connectivity index (χ2v) is 6.88. The molecule has 1 aromatic heterocycles. The molecule has 0 spiro atoms. The predicted octanol–water partition coefficient (Wildman–Crippen LogP) is 2.35. The second kappa shape index (κ2) is 6.82. The molecule has 1 aromatic carbocycles. The summed E-state index contributed by atoms with van der Waals surface area (Å²) in [6.45, 7) is 5.96. The molecule has 6 nitrogen and oxygen atoms in total. The molecule has 0 bridgehead atoms. The lowest BCUT2D eigenvalue weighted by molar-refractivity contribution is -0.121. The first-order valence-electron chi connectivity index (χ1n) is 7.65. The monoisotopic (exact) mass is 335 g/mol. The Bertz CT molecular complexity index is 693. The van der Waals surface area contributed by atoms with Crippen LogP contribution in [0, 0.1) is 0 Å². The molecule has 7 heteroatoms. The Balaban J connectivity index is 1.63. The van der Waals surface area contributed by atoms with Gasteiger partial charge in [-0.3, -0.25) is 9.69 Å². The largest absolute Gasteiger partial charge is 0.497 e. The number of anilines is 1. The summed E-state index contributed by atoms with van der Waals surface area (Å²) in [6.07, 6.45) is 0.308. The summed E-state index contributed by atoms with van der Waals surface area (Å²) < 4.78 is 11.9. The SMILES string of the molecule is COc1ccc2nc(NC(=O)CN3CC(C)OC(C)C3)sc2c1. The number of carbonyl (C=O) groups is 1. The van der Waals surface area contributed by atoms with Crippen LogP contribution in [0.1, 0.15) is 13.8 Å². The van der Waals surface area contributed by atoms with Gasteiger partial charge in [0.1, 0.15) is 5.75 Å². The number of ether oxygens (including phenoxy) is 2. The lowest BCUT2D eigenvalue weighted by atomic mass is 10.2. The Morgan fingerprint density at radius 1 is 1.43 bits per heavy atom. The van der Waals surface area contributed by atoms with Crippen LogP contribution in [0.5, 0.6) is 5.75 Å². The Morgan fingerprint density at radius 3 is 2.87 bits per heavy atom. The topological polar surface area (TPSA) is 63.7 Å². The number of hydrogen-bond donors (Lipinski definition) is 1. The number of thiazole rings is 1. The van der Waals surface area contributed by atoms with Crippen molar-refractivity contribution in [1.82, 2.24) is 9.88 Å². The average molecular weight is 335 g/mol. The first-order chi connectivity index (χ1) is 11.0. The van der Waals surface area contributed by atoms with Crippen LogP contribution >= 0.6 is 11.3 Å². The van der Waals surface area contributed by atoms with Crippen molar-refractivity contribution in [1.29, 1.82) is 0 Å². The van der Waals surface area contributed by atoms with Gasteiger partial charge in [-0.1, -0.05) is 11.3 Å². The standard InChI is InChI=1S/C16H21N3O3S/c1-10-7-19(8-11(2)22-10)9-15(20)18-16-17-13-5-4-12(21-3)6-14(13)23-16/h4-6,10-11H,7-9H2,1-3H3,(H,17,18,20). The van der Waals surface area contributed by atoms with Crippen molar-refractivity contribution < 1.29 is 14.3 Å². The minimum atomic E-state index is -0.0441. The number of morpholine rings is 1. The minimum absolute atomic E-state index is 0.0441. The van der Waals surface area contributed by atoms with E-state index in [9.17, 15) is 4.79 Å². The molecule has 2 aromatic rings. The van der Waals surface area contributed by atoms with Crippen LogP contribution in [-0.2, 0) is 9.53 Å². The molecule has 3 rings (SSSR count). The van der Waals surface area contributed by atoms with Crippen molar-refractivity contribution in [3.05, 3.63) is 18.2 Å². The van der Waals surface area contributed by atoms with Crippen LogP contribution in [0.4, 0.5) is 5.13 Å². The van der Waals surface area contributed by atoms with E-state index in [1.54, 1.807) is 7.11 Å². The van der Waals surface area contributed by atoms with E-state index in [4.69, 9.17) is 9.47 Å². The highest BCUT2D eigenvalue weighted by molar-refractivity contribution is 7.22. The maximum absolute atomic E-state index is 12.2. The third-order valence-corrected chi connectivity index (χ3v) is 4.64. The molecule has 23 heavy (non-hydrogen) atoms. The number of nitrogens with one attached hydrogen (secondary N) is 1. The third-order valence-electron chi connectivity index (χ3n) is 3.70. The summed E-state index contributed by atoms with van der Waals surface area (Å²) in [6, 6.07) is 5.68. The summed E-state index contributed by atoms with van der Waals surface area (Å²) in [7, 11) is 1.63. The van der Waals surface area contributed by atoms with E-state index >= 15 is 0 Å². The number of rotatable bonds is 4. The van der Waals surface area contributed by atoms with Crippen molar-refractivity contribution in [2.24, 2.45) is 0 Å². The number of methoxy groups -OCH3 is 1. The summed E-state index contributed by atoms with van der Waals surface area (Å²) in [4.78, 5) is 18.8. The molecule has 1 N–H and O–H groups in total. The van der Waals surface area contributed by atoms with Crippen molar-refractivity contribution >= 4 is 32.6 Å². The van der Waals surface area contributed by atoms with Crippen molar-refractivity contribution in [3.63, 3.8) is 0 Å².